The third-order valence-electron chi connectivity index (χ3n) is 3.66. The molecule has 1 unspecified atom stereocenters. The highest BCUT2D eigenvalue weighted by Gasteiger charge is 2.44. The molecular weight excluding hydrogens is 188 g/mol. The van der Waals surface area contributed by atoms with Gasteiger partial charge in [-0.05, 0) is 37.8 Å². The van der Waals surface area contributed by atoms with E-state index in [1.165, 1.54) is 31.4 Å². The number of hydrogen-bond acceptors (Lipinski definition) is 0. The fourth-order valence-corrected chi connectivity index (χ4v) is 5.90. The van der Waals surface area contributed by atoms with Crippen molar-refractivity contribution >= 4 is 10.9 Å². The molecule has 4 rings (SSSR count). The highest BCUT2D eigenvalue weighted by atomic mass is 32.2. The number of rotatable bonds is 1. The maximum atomic E-state index is 2.34. The summed E-state index contributed by atoms with van der Waals surface area (Å²) < 4.78 is 0. The van der Waals surface area contributed by atoms with Crippen LogP contribution in [-0.2, 0) is 10.9 Å². The van der Waals surface area contributed by atoms with E-state index in [1.807, 2.05) is 0 Å². The van der Waals surface area contributed by atoms with Crippen molar-refractivity contribution in [3.8, 4) is 0 Å². The minimum Gasteiger partial charge on any atom is -0.0619 e. The zero-order valence-electron chi connectivity index (χ0n) is 8.49. The number of hydrogen-bond donors (Lipinski definition) is 0. The van der Waals surface area contributed by atoms with Crippen LogP contribution in [0.4, 0.5) is 0 Å². The molecule has 3 aliphatic rings. The third-order valence-corrected chi connectivity index (χ3v) is 6.64. The molecule has 1 aromatic carbocycles. The lowest BCUT2D eigenvalue weighted by Gasteiger charge is -2.35. The second-order valence-electron chi connectivity index (χ2n) is 4.55. The molecule has 2 bridgehead atoms. The molecule has 2 heterocycles. The van der Waals surface area contributed by atoms with Crippen LogP contribution >= 0.6 is 0 Å². The van der Waals surface area contributed by atoms with Gasteiger partial charge in [-0.2, -0.15) is 0 Å². The Morgan fingerprint density at radius 2 is 1.64 bits per heavy atom. The number of fused-ring (bicyclic) bond motifs is 3. The van der Waals surface area contributed by atoms with Gasteiger partial charge in [0.2, 0.25) is 0 Å². The van der Waals surface area contributed by atoms with E-state index in [1.54, 1.807) is 4.90 Å². The number of benzene rings is 1. The Morgan fingerprint density at radius 1 is 0.929 bits per heavy atom. The maximum Gasteiger partial charge on any atom is 0.155 e. The predicted octanol–water partition coefficient (Wildman–Crippen LogP) is 3.24. The minimum absolute atomic E-state index is 0.604. The summed E-state index contributed by atoms with van der Waals surface area (Å²) in [7, 11) is 0.604. The van der Waals surface area contributed by atoms with E-state index in [2.05, 4.69) is 30.3 Å². The predicted molar refractivity (Wildman–Crippen MR) is 62.7 cm³/mol. The van der Waals surface area contributed by atoms with Crippen LogP contribution in [0.2, 0.25) is 0 Å². The van der Waals surface area contributed by atoms with Gasteiger partial charge in [0, 0.05) is 16.8 Å². The van der Waals surface area contributed by atoms with Gasteiger partial charge in [0.1, 0.15) is 11.0 Å². The van der Waals surface area contributed by atoms with Crippen molar-refractivity contribution in [3.63, 3.8) is 0 Å². The summed E-state index contributed by atoms with van der Waals surface area (Å²) >= 11 is 0. The van der Waals surface area contributed by atoms with E-state index in [4.69, 9.17) is 0 Å². The molecule has 0 aromatic heterocycles. The lowest BCUT2D eigenvalue weighted by Crippen LogP contribution is -2.39. The summed E-state index contributed by atoms with van der Waals surface area (Å²) in [5, 5.41) is 1.03. The zero-order valence-corrected chi connectivity index (χ0v) is 9.30. The smallest absolute Gasteiger partial charge is 0.0619 e. The Hall–Kier alpha value is -0.430. The standard InChI is InChI=1S/C13H17S/c1-2-4-12(5-3-1)14-10-11-6-8-13(14)9-7-11/h1-5,11,13H,6-10H2/q+1. The van der Waals surface area contributed by atoms with Crippen LogP contribution in [0.3, 0.4) is 0 Å². The van der Waals surface area contributed by atoms with Gasteiger partial charge in [0.05, 0.1) is 0 Å². The van der Waals surface area contributed by atoms with Gasteiger partial charge in [-0.15, -0.1) is 0 Å². The summed E-state index contributed by atoms with van der Waals surface area (Å²) in [6.07, 6.45) is 6.04. The van der Waals surface area contributed by atoms with Crippen LogP contribution in [0.25, 0.3) is 0 Å². The third kappa shape index (κ3) is 1.48. The van der Waals surface area contributed by atoms with Crippen molar-refractivity contribution in [1.29, 1.82) is 0 Å². The summed E-state index contributed by atoms with van der Waals surface area (Å²) in [5.41, 5.74) is 0. The summed E-state index contributed by atoms with van der Waals surface area (Å²) in [6.45, 7) is 0. The van der Waals surface area contributed by atoms with Gasteiger partial charge in [0.25, 0.3) is 0 Å². The Labute approximate surface area is 89.1 Å². The molecule has 0 N–H and O–H groups in total. The normalized spacial score (nSPS) is 35.9. The summed E-state index contributed by atoms with van der Waals surface area (Å²) in [5.74, 6) is 2.55. The average molecular weight is 205 g/mol. The summed E-state index contributed by atoms with van der Waals surface area (Å²) in [6, 6.07) is 11.2. The van der Waals surface area contributed by atoms with E-state index in [0.717, 1.165) is 11.2 Å². The first-order valence-electron chi connectivity index (χ1n) is 5.68. The van der Waals surface area contributed by atoms with Gasteiger partial charge < -0.3 is 0 Å². The monoisotopic (exact) mass is 205 g/mol. The van der Waals surface area contributed by atoms with Gasteiger partial charge in [-0.25, -0.2) is 0 Å². The van der Waals surface area contributed by atoms with Gasteiger partial charge in [-0.3, -0.25) is 0 Å². The van der Waals surface area contributed by atoms with Gasteiger partial charge in [0.15, 0.2) is 4.90 Å². The lowest BCUT2D eigenvalue weighted by atomic mass is 9.90. The Balaban J connectivity index is 1.86. The molecule has 1 heteroatoms. The summed E-state index contributed by atoms with van der Waals surface area (Å²) in [4.78, 5) is 1.63. The van der Waals surface area contributed by atoms with Gasteiger partial charge >= 0.3 is 0 Å². The molecule has 1 aliphatic carbocycles. The first-order chi connectivity index (χ1) is 6.93. The molecule has 2 saturated heterocycles. The second-order valence-corrected chi connectivity index (χ2v) is 6.88. The van der Waals surface area contributed by atoms with Crippen molar-refractivity contribution in [2.45, 2.75) is 35.8 Å². The van der Waals surface area contributed by atoms with E-state index in [9.17, 15) is 0 Å². The quantitative estimate of drug-likeness (QED) is 0.617. The van der Waals surface area contributed by atoms with E-state index >= 15 is 0 Å². The molecule has 0 spiro atoms. The second kappa shape index (κ2) is 3.62. The molecule has 2 aliphatic heterocycles. The SMILES string of the molecule is c1ccc([S+]2CC3CCC2CC3)cc1. The highest BCUT2D eigenvalue weighted by molar-refractivity contribution is 7.97. The topological polar surface area (TPSA) is 0 Å². The highest BCUT2D eigenvalue weighted by Crippen LogP contribution is 2.41. The van der Waals surface area contributed by atoms with Crippen LogP contribution in [0.1, 0.15) is 25.7 Å². The van der Waals surface area contributed by atoms with E-state index in [-0.39, 0.29) is 0 Å². The van der Waals surface area contributed by atoms with Crippen LogP contribution in [0.5, 0.6) is 0 Å². The lowest BCUT2D eigenvalue weighted by molar-refractivity contribution is 0.374. The first kappa shape index (κ1) is 8.84. The first-order valence-corrected chi connectivity index (χ1v) is 7.14. The van der Waals surface area contributed by atoms with Crippen LogP contribution in [-0.4, -0.2) is 11.0 Å². The Morgan fingerprint density at radius 3 is 2.21 bits per heavy atom. The molecule has 3 fully saturated rings. The fourth-order valence-electron chi connectivity index (χ4n) is 2.86. The minimum atomic E-state index is 0.604. The molecule has 0 amide bonds. The fraction of sp³-hybridized carbons (Fsp3) is 0.538. The van der Waals surface area contributed by atoms with Crippen molar-refractivity contribution in [2.75, 3.05) is 5.75 Å². The molecule has 74 valence electrons. The molecule has 14 heavy (non-hydrogen) atoms. The van der Waals surface area contributed by atoms with Crippen LogP contribution in [0, 0.1) is 5.92 Å². The maximum absolute atomic E-state index is 2.34. The molecule has 0 nitrogen and oxygen atoms in total. The molecular formula is C13H17S+. The van der Waals surface area contributed by atoms with Crippen LogP contribution in [0.15, 0.2) is 35.2 Å². The van der Waals surface area contributed by atoms with Crippen molar-refractivity contribution < 1.29 is 0 Å². The van der Waals surface area contributed by atoms with Crippen LogP contribution < -0.4 is 0 Å². The van der Waals surface area contributed by atoms with Crippen molar-refractivity contribution in [1.82, 2.24) is 0 Å². The molecule has 0 radical (unpaired) electrons. The van der Waals surface area contributed by atoms with Crippen molar-refractivity contribution in [2.24, 2.45) is 5.92 Å². The molecule has 1 aromatic rings. The van der Waals surface area contributed by atoms with E-state index < -0.39 is 0 Å². The molecule has 1 atom stereocenters. The average Bonchev–Trinajstić information content (AvgIpc) is 2.32. The van der Waals surface area contributed by atoms with Gasteiger partial charge in [-0.1, -0.05) is 18.2 Å². The largest absolute Gasteiger partial charge is 0.155 e. The van der Waals surface area contributed by atoms with E-state index in [0.29, 0.717) is 10.9 Å². The Kier molecular flexibility index (Phi) is 2.28. The zero-order chi connectivity index (χ0) is 9.38. The Bertz CT molecular complexity index is 298. The molecule has 1 saturated carbocycles. The van der Waals surface area contributed by atoms with Crippen molar-refractivity contribution in [3.05, 3.63) is 30.3 Å².